The molecule has 2 N–H and O–H groups in total. The Kier molecular flexibility index (Phi) is 4.40. The molecule has 4 heteroatoms. The molecule has 0 unspecified atom stereocenters. The van der Waals surface area contributed by atoms with E-state index in [0.717, 1.165) is 25.8 Å². The highest BCUT2D eigenvalue weighted by Crippen LogP contribution is 2.07. The molecule has 0 aromatic rings. The second-order valence-electron chi connectivity index (χ2n) is 2.40. The molecule has 60 valence electrons. The van der Waals surface area contributed by atoms with Gasteiger partial charge in [-0.15, -0.1) is 12.4 Å². The summed E-state index contributed by atoms with van der Waals surface area (Å²) in [6, 6.07) is 0. The molecular formula is C6H13ClN2O. The summed E-state index contributed by atoms with van der Waals surface area (Å²) in [6.07, 6.45) is 3.84. The van der Waals surface area contributed by atoms with E-state index in [4.69, 9.17) is 5.84 Å². The fourth-order valence-electron chi connectivity index (χ4n) is 1.00. The summed E-state index contributed by atoms with van der Waals surface area (Å²) in [5.41, 5.74) is 0. The molecule has 0 radical (unpaired) electrons. The van der Waals surface area contributed by atoms with Crippen molar-refractivity contribution in [2.24, 2.45) is 5.84 Å². The molecule has 0 bridgehead atoms. The molecule has 1 amide bonds. The van der Waals surface area contributed by atoms with Crippen LogP contribution in [0.2, 0.25) is 0 Å². The molecule has 0 aromatic heterocycles. The minimum absolute atomic E-state index is 0. The number of amides is 1. The van der Waals surface area contributed by atoms with Crippen molar-refractivity contribution in [2.75, 3.05) is 6.54 Å². The maximum absolute atomic E-state index is 10.8. The molecule has 1 saturated heterocycles. The van der Waals surface area contributed by atoms with Crippen LogP contribution < -0.4 is 5.84 Å². The van der Waals surface area contributed by atoms with Crippen molar-refractivity contribution < 1.29 is 4.79 Å². The normalized spacial score (nSPS) is 19.7. The van der Waals surface area contributed by atoms with Crippen LogP contribution in [0.15, 0.2) is 0 Å². The minimum atomic E-state index is 0. The summed E-state index contributed by atoms with van der Waals surface area (Å²) in [4.78, 5) is 10.8. The van der Waals surface area contributed by atoms with Gasteiger partial charge in [0, 0.05) is 13.0 Å². The first kappa shape index (κ1) is 9.72. The van der Waals surface area contributed by atoms with Crippen molar-refractivity contribution in [1.82, 2.24) is 5.01 Å². The van der Waals surface area contributed by atoms with Crippen LogP contribution in [0, 0.1) is 0 Å². The lowest BCUT2D eigenvalue weighted by Gasteiger charge is -2.11. The van der Waals surface area contributed by atoms with Gasteiger partial charge < -0.3 is 0 Å². The minimum Gasteiger partial charge on any atom is -0.281 e. The van der Waals surface area contributed by atoms with Gasteiger partial charge in [0.1, 0.15) is 0 Å². The zero-order chi connectivity index (χ0) is 6.69. The SMILES string of the molecule is Cl.NN1CCCCCC1=O. The van der Waals surface area contributed by atoms with Gasteiger partial charge in [-0.25, -0.2) is 5.84 Å². The van der Waals surface area contributed by atoms with E-state index in [1.54, 1.807) is 0 Å². The van der Waals surface area contributed by atoms with Crippen molar-refractivity contribution >= 4 is 18.3 Å². The number of nitrogens with two attached hydrogens (primary N) is 1. The number of rotatable bonds is 0. The van der Waals surface area contributed by atoms with Crippen molar-refractivity contribution in [3.05, 3.63) is 0 Å². The Morgan fingerprint density at radius 3 is 2.70 bits per heavy atom. The van der Waals surface area contributed by atoms with Crippen LogP contribution >= 0.6 is 12.4 Å². The summed E-state index contributed by atoms with van der Waals surface area (Å²) >= 11 is 0. The number of hydrogen-bond acceptors (Lipinski definition) is 2. The Balaban J connectivity index is 0.000000810. The monoisotopic (exact) mass is 164 g/mol. The van der Waals surface area contributed by atoms with Crippen LogP contribution in [0.25, 0.3) is 0 Å². The van der Waals surface area contributed by atoms with Crippen LogP contribution in [0.1, 0.15) is 25.7 Å². The van der Waals surface area contributed by atoms with E-state index in [2.05, 4.69) is 0 Å². The van der Waals surface area contributed by atoms with E-state index in [1.807, 2.05) is 0 Å². The van der Waals surface area contributed by atoms with Gasteiger partial charge in [0.25, 0.3) is 0 Å². The molecule has 10 heavy (non-hydrogen) atoms. The van der Waals surface area contributed by atoms with E-state index >= 15 is 0 Å². The Morgan fingerprint density at radius 1 is 1.30 bits per heavy atom. The maximum Gasteiger partial charge on any atom is 0.236 e. The third-order valence-electron chi connectivity index (χ3n) is 1.61. The maximum atomic E-state index is 10.8. The summed E-state index contributed by atoms with van der Waals surface area (Å²) in [6.45, 7) is 0.735. The molecule has 1 fully saturated rings. The molecule has 0 aliphatic carbocycles. The van der Waals surface area contributed by atoms with Crippen LogP contribution in [0.4, 0.5) is 0 Å². The van der Waals surface area contributed by atoms with E-state index in [1.165, 1.54) is 5.01 Å². The molecular weight excluding hydrogens is 152 g/mol. The van der Waals surface area contributed by atoms with Crippen molar-refractivity contribution in [3.63, 3.8) is 0 Å². The Morgan fingerprint density at radius 2 is 2.00 bits per heavy atom. The number of halogens is 1. The lowest BCUT2D eigenvalue weighted by atomic mass is 10.2. The van der Waals surface area contributed by atoms with Gasteiger partial charge in [-0.2, -0.15) is 0 Å². The van der Waals surface area contributed by atoms with Crippen LogP contribution in [0.5, 0.6) is 0 Å². The van der Waals surface area contributed by atoms with E-state index in [9.17, 15) is 4.79 Å². The molecule has 1 rings (SSSR count). The Hall–Kier alpha value is -0.280. The summed E-state index contributed by atoms with van der Waals surface area (Å²) in [5.74, 6) is 5.45. The Bertz CT molecular complexity index is 118. The predicted octanol–water partition coefficient (Wildman–Crippen LogP) is 0.684. The van der Waals surface area contributed by atoms with Crippen molar-refractivity contribution in [1.29, 1.82) is 0 Å². The van der Waals surface area contributed by atoms with Gasteiger partial charge in [0.05, 0.1) is 0 Å². The average molecular weight is 165 g/mol. The van der Waals surface area contributed by atoms with Crippen LogP contribution in [0.3, 0.4) is 0 Å². The van der Waals surface area contributed by atoms with E-state index in [-0.39, 0.29) is 18.3 Å². The zero-order valence-corrected chi connectivity index (χ0v) is 6.69. The zero-order valence-electron chi connectivity index (χ0n) is 5.88. The number of carbonyl (C=O) groups is 1. The van der Waals surface area contributed by atoms with Crippen molar-refractivity contribution in [3.8, 4) is 0 Å². The fourth-order valence-corrected chi connectivity index (χ4v) is 1.00. The molecule has 0 saturated carbocycles. The highest BCUT2D eigenvalue weighted by Gasteiger charge is 2.11. The Labute approximate surface area is 66.9 Å². The summed E-state index contributed by atoms with van der Waals surface area (Å²) in [7, 11) is 0. The number of nitrogens with zero attached hydrogens (tertiary/aromatic N) is 1. The second kappa shape index (κ2) is 4.52. The third kappa shape index (κ3) is 2.54. The molecule has 0 atom stereocenters. The predicted molar refractivity (Wildman–Crippen MR) is 41.6 cm³/mol. The van der Waals surface area contributed by atoms with Gasteiger partial charge in [-0.1, -0.05) is 6.42 Å². The first-order chi connectivity index (χ1) is 4.30. The lowest BCUT2D eigenvalue weighted by Crippen LogP contribution is -2.36. The van der Waals surface area contributed by atoms with E-state index in [0.29, 0.717) is 6.42 Å². The lowest BCUT2D eigenvalue weighted by molar-refractivity contribution is -0.130. The third-order valence-corrected chi connectivity index (χ3v) is 1.61. The topological polar surface area (TPSA) is 46.3 Å². The molecule has 1 aliphatic heterocycles. The summed E-state index contributed by atoms with van der Waals surface area (Å²) in [5, 5.41) is 1.33. The van der Waals surface area contributed by atoms with Gasteiger partial charge in [-0.05, 0) is 12.8 Å². The highest BCUT2D eigenvalue weighted by molar-refractivity contribution is 5.85. The van der Waals surface area contributed by atoms with E-state index < -0.39 is 0 Å². The average Bonchev–Trinajstić information content (AvgIpc) is 1.99. The molecule has 1 aliphatic rings. The van der Waals surface area contributed by atoms with Gasteiger partial charge in [0.15, 0.2) is 0 Å². The number of carbonyl (C=O) groups excluding carboxylic acids is 1. The van der Waals surface area contributed by atoms with Crippen LogP contribution in [-0.2, 0) is 4.79 Å². The molecule has 3 nitrogen and oxygen atoms in total. The number of hydrazine groups is 1. The smallest absolute Gasteiger partial charge is 0.236 e. The quantitative estimate of drug-likeness (QED) is 0.423. The van der Waals surface area contributed by atoms with Crippen molar-refractivity contribution in [2.45, 2.75) is 25.7 Å². The second-order valence-corrected chi connectivity index (χ2v) is 2.40. The standard InChI is InChI=1S/C6H12N2O.ClH/c7-8-5-3-1-2-4-6(8)9;/h1-5,7H2;1H. The van der Waals surface area contributed by atoms with Crippen LogP contribution in [-0.4, -0.2) is 17.5 Å². The molecule has 0 spiro atoms. The van der Waals surface area contributed by atoms with Gasteiger partial charge in [-0.3, -0.25) is 9.80 Å². The van der Waals surface area contributed by atoms with Gasteiger partial charge >= 0.3 is 0 Å². The summed E-state index contributed by atoms with van der Waals surface area (Å²) < 4.78 is 0. The highest BCUT2D eigenvalue weighted by atomic mass is 35.5. The molecule has 0 aromatic carbocycles. The largest absolute Gasteiger partial charge is 0.281 e. The first-order valence-corrected chi connectivity index (χ1v) is 3.36. The molecule has 1 heterocycles. The number of hydrogen-bond donors (Lipinski definition) is 1. The fraction of sp³-hybridized carbons (Fsp3) is 0.833. The van der Waals surface area contributed by atoms with Gasteiger partial charge in [0.2, 0.25) is 5.91 Å². The first-order valence-electron chi connectivity index (χ1n) is 3.36.